The van der Waals surface area contributed by atoms with Crippen LogP contribution in [0.2, 0.25) is 0 Å². The quantitative estimate of drug-likeness (QED) is 0.854. The van der Waals surface area contributed by atoms with E-state index in [0.29, 0.717) is 22.7 Å². The van der Waals surface area contributed by atoms with E-state index in [-0.39, 0.29) is 12.3 Å². The number of nitrogens with zero attached hydrogens (tertiary/aromatic N) is 1. The number of hydrogen-bond donors (Lipinski definition) is 1. The Labute approximate surface area is 132 Å². The van der Waals surface area contributed by atoms with Crippen LogP contribution < -0.4 is 5.32 Å². The summed E-state index contributed by atoms with van der Waals surface area (Å²) in [7, 11) is 0. The molecule has 0 saturated heterocycles. The minimum absolute atomic E-state index is 0.190. The van der Waals surface area contributed by atoms with E-state index in [0.717, 1.165) is 10.4 Å². The number of ether oxygens (including phenoxy) is 1. The van der Waals surface area contributed by atoms with Gasteiger partial charge in [0.2, 0.25) is 0 Å². The Balaban J connectivity index is 2.27. The fourth-order valence-corrected chi connectivity index (χ4v) is 2.96. The van der Waals surface area contributed by atoms with Crippen molar-refractivity contribution in [1.82, 2.24) is 5.16 Å². The summed E-state index contributed by atoms with van der Waals surface area (Å²) in [6.45, 7) is 7.66. The molecule has 0 aliphatic rings. The van der Waals surface area contributed by atoms with Gasteiger partial charge in [0, 0.05) is 17.4 Å². The molecule has 2 aromatic heterocycles. The molecule has 2 aromatic rings. The molecule has 0 aromatic carbocycles. The lowest BCUT2D eigenvalue weighted by molar-refractivity contribution is 0.0527. The van der Waals surface area contributed by atoms with E-state index in [9.17, 15) is 9.59 Å². The molecule has 0 radical (unpaired) electrons. The van der Waals surface area contributed by atoms with E-state index < -0.39 is 11.9 Å². The molecule has 0 aliphatic carbocycles. The maximum atomic E-state index is 12.2. The van der Waals surface area contributed by atoms with Gasteiger partial charge in [-0.3, -0.25) is 4.79 Å². The largest absolute Gasteiger partial charge is 0.462 e. The number of nitrogens with one attached hydrogen (secondary N) is 1. The number of hydrogen-bond acceptors (Lipinski definition) is 6. The predicted octanol–water partition coefficient (Wildman–Crippen LogP) is 3.34. The Morgan fingerprint density at radius 3 is 2.68 bits per heavy atom. The number of carbonyl (C=O) groups is 2. The van der Waals surface area contributed by atoms with E-state index in [1.54, 1.807) is 13.0 Å². The van der Waals surface area contributed by atoms with Crippen LogP contribution in [0.5, 0.6) is 0 Å². The van der Waals surface area contributed by atoms with Crippen molar-refractivity contribution in [3.05, 3.63) is 33.5 Å². The van der Waals surface area contributed by atoms with Gasteiger partial charge in [-0.25, -0.2) is 4.79 Å². The minimum Gasteiger partial charge on any atom is -0.462 e. The van der Waals surface area contributed by atoms with Crippen LogP contribution in [0, 0.1) is 13.8 Å². The van der Waals surface area contributed by atoms with Gasteiger partial charge in [0.25, 0.3) is 5.91 Å². The van der Waals surface area contributed by atoms with Gasteiger partial charge in [0.05, 0.1) is 12.2 Å². The predicted molar refractivity (Wildman–Crippen MR) is 83.6 cm³/mol. The van der Waals surface area contributed by atoms with E-state index >= 15 is 0 Å². The van der Waals surface area contributed by atoms with Gasteiger partial charge >= 0.3 is 5.97 Å². The van der Waals surface area contributed by atoms with Crippen LogP contribution in [0.1, 0.15) is 50.9 Å². The Hall–Kier alpha value is -2.15. The first-order valence-electron chi connectivity index (χ1n) is 7.01. The number of amides is 1. The zero-order chi connectivity index (χ0) is 16.3. The Morgan fingerprint density at radius 2 is 2.09 bits per heavy atom. The Morgan fingerprint density at radius 1 is 1.36 bits per heavy atom. The van der Waals surface area contributed by atoms with Crippen molar-refractivity contribution in [3.8, 4) is 0 Å². The normalized spacial score (nSPS) is 10.5. The second kappa shape index (κ2) is 6.74. The maximum Gasteiger partial charge on any atom is 0.341 e. The third kappa shape index (κ3) is 3.19. The minimum atomic E-state index is -0.436. The number of anilines is 1. The number of aryl methyl sites for hydroxylation is 2. The molecule has 0 aliphatic heterocycles. The van der Waals surface area contributed by atoms with Crippen molar-refractivity contribution in [2.45, 2.75) is 34.1 Å². The molecule has 0 spiro atoms. The molecular weight excluding hydrogens is 304 g/mol. The Kier molecular flexibility index (Phi) is 4.97. The lowest BCUT2D eigenvalue weighted by Crippen LogP contribution is -2.15. The van der Waals surface area contributed by atoms with Crippen LogP contribution in [0.4, 0.5) is 5.00 Å². The lowest BCUT2D eigenvalue weighted by atomic mass is 10.1. The fraction of sp³-hybridized carbons (Fsp3) is 0.400. The topological polar surface area (TPSA) is 81.4 Å². The van der Waals surface area contributed by atoms with Gasteiger partial charge in [0.15, 0.2) is 5.69 Å². The van der Waals surface area contributed by atoms with E-state index in [2.05, 4.69) is 10.5 Å². The summed E-state index contributed by atoms with van der Waals surface area (Å²) < 4.78 is 10.1. The van der Waals surface area contributed by atoms with Crippen LogP contribution in [-0.4, -0.2) is 23.6 Å². The van der Waals surface area contributed by atoms with Gasteiger partial charge in [-0.1, -0.05) is 12.1 Å². The SMILES string of the molecule is CCOC(=O)c1c(NC(=O)c2cc(CC)on2)sc(C)c1C. The molecule has 1 N–H and O–H groups in total. The van der Waals surface area contributed by atoms with Crippen molar-refractivity contribution < 1.29 is 18.8 Å². The zero-order valence-corrected chi connectivity index (χ0v) is 13.8. The van der Waals surface area contributed by atoms with Gasteiger partial charge in [-0.15, -0.1) is 11.3 Å². The highest BCUT2D eigenvalue weighted by molar-refractivity contribution is 7.16. The molecule has 7 heteroatoms. The van der Waals surface area contributed by atoms with Crippen LogP contribution in [0.15, 0.2) is 10.6 Å². The number of carbonyl (C=O) groups excluding carboxylic acids is 2. The highest BCUT2D eigenvalue weighted by Crippen LogP contribution is 2.33. The molecule has 1 amide bonds. The summed E-state index contributed by atoms with van der Waals surface area (Å²) in [5, 5.41) is 6.92. The Bertz CT molecular complexity index is 702. The third-order valence-corrected chi connectivity index (χ3v) is 4.35. The smallest absolute Gasteiger partial charge is 0.341 e. The van der Waals surface area contributed by atoms with Gasteiger partial charge in [-0.2, -0.15) is 0 Å². The van der Waals surface area contributed by atoms with E-state index in [1.807, 2.05) is 20.8 Å². The molecular formula is C15H18N2O4S. The molecule has 0 fully saturated rings. The van der Waals surface area contributed by atoms with Crippen molar-refractivity contribution in [3.63, 3.8) is 0 Å². The van der Waals surface area contributed by atoms with Crippen molar-refractivity contribution >= 4 is 28.2 Å². The first-order chi connectivity index (χ1) is 10.5. The summed E-state index contributed by atoms with van der Waals surface area (Å²) in [5.41, 5.74) is 1.40. The summed E-state index contributed by atoms with van der Waals surface area (Å²) in [6.07, 6.45) is 0.658. The number of thiophene rings is 1. The van der Waals surface area contributed by atoms with Gasteiger partial charge in [-0.05, 0) is 26.3 Å². The standard InChI is InChI=1S/C15H18N2O4S/c1-5-10-7-11(17-21-10)13(18)16-14-12(15(19)20-6-2)8(3)9(4)22-14/h7H,5-6H2,1-4H3,(H,16,18). The third-order valence-electron chi connectivity index (χ3n) is 3.23. The van der Waals surface area contributed by atoms with Crippen LogP contribution >= 0.6 is 11.3 Å². The van der Waals surface area contributed by atoms with Crippen molar-refractivity contribution in [2.24, 2.45) is 0 Å². The van der Waals surface area contributed by atoms with E-state index in [1.165, 1.54) is 11.3 Å². The van der Waals surface area contributed by atoms with Crippen molar-refractivity contribution in [1.29, 1.82) is 0 Å². The molecule has 2 heterocycles. The van der Waals surface area contributed by atoms with E-state index in [4.69, 9.17) is 9.26 Å². The van der Waals surface area contributed by atoms with Crippen LogP contribution in [0.3, 0.4) is 0 Å². The molecule has 0 saturated carbocycles. The molecule has 118 valence electrons. The van der Waals surface area contributed by atoms with Gasteiger partial charge < -0.3 is 14.6 Å². The summed E-state index contributed by atoms with van der Waals surface area (Å²) in [4.78, 5) is 25.2. The molecule has 0 atom stereocenters. The maximum absolute atomic E-state index is 12.2. The van der Waals surface area contributed by atoms with Gasteiger partial charge in [0.1, 0.15) is 10.8 Å². The first-order valence-corrected chi connectivity index (χ1v) is 7.83. The first kappa shape index (κ1) is 16.2. The second-order valence-corrected chi connectivity index (χ2v) is 5.92. The molecule has 0 bridgehead atoms. The molecule has 22 heavy (non-hydrogen) atoms. The monoisotopic (exact) mass is 322 g/mol. The fourth-order valence-electron chi connectivity index (χ4n) is 1.92. The van der Waals surface area contributed by atoms with Crippen molar-refractivity contribution in [2.75, 3.05) is 11.9 Å². The highest BCUT2D eigenvalue weighted by Gasteiger charge is 2.23. The second-order valence-electron chi connectivity index (χ2n) is 4.69. The average molecular weight is 322 g/mol. The molecule has 2 rings (SSSR count). The van der Waals surface area contributed by atoms with Crippen LogP contribution in [0.25, 0.3) is 0 Å². The van der Waals surface area contributed by atoms with Crippen LogP contribution in [-0.2, 0) is 11.2 Å². The number of rotatable bonds is 5. The molecule has 0 unspecified atom stereocenters. The number of aromatic nitrogens is 1. The summed E-state index contributed by atoms with van der Waals surface area (Å²) in [6, 6.07) is 1.59. The lowest BCUT2D eigenvalue weighted by Gasteiger charge is -2.05. The summed E-state index contributed by atoms with van der Waals surface area (Å²) in [5.74, 6) is -0.210. The summed E-state index contributed by atoms with van der Waals surface area (Å²) >= 11 is 1.34. The zero-order valence-electron chi connectivity index (χ0n) is 13.0. The molecule has 6 nitrogen and oxygen atoms in total. The average Bonchev–Trinajstić information content (AvgIpc) is 3.05. The highest BCUT2D eigenvalue weighted by atomic mass is 32.1. The number of esters is 1.